The summed E-state index contributed by atoms with van der Waals surface area (Å²) < 4.78 is 46.9. The third-order valence-corrected chi connectivity index (χ3v) is 7.27. The first-order chi connectivity index (χ1) is 20.0. The smallest absolute Gasteiger partial charge is 0.416 e. The third-order valence-electron chi connectivity index (χ3n) is 7.27. The second-order valence-electron chi connectivity index (χ2n) is 10.2. The fourth-order valence-corrected chi connectivity index (χ4v) is 5.20. The zero-order valence-electron chi connectivity index (χ0n) is 22.1. The first-order valence-electron chi connectivity index (χ1n) is 13.2. The SMILES string of the molecule is O=C(O)N[C@H](CO)c1cc(C(=O)N[C@@H]2CCc3ccc(Oc4ccnc5c4CCC(=O)N5)cc3C2)cc(C(F)(F)F)c1. The maximum atomic E-state index is 13.6. The Bertz CT molecular complexity index is 1540. The van der Waals surface area contributed by atoms with E-state index in [1.54, 1.807) is 12.3 Å². The maximum absolute atomic E-state index is 13.6. The van der Waals surface area contributed by atoms with Gasteiger partial charge in [0.1, 0.15) is 17.3 Å². The Morgan fingerprint density at radius 3 is 2.64 bits per heavy atom. The normalized spacial score (nSPS) is 16.9. The molecule has 5 N–H and O–H groups in total. The Hall–Kier alpha value is -4.65. The van der Waals surface area contributed by atoms with Crippen molar-refractivity contribution in [2.45, 2.75) is 50.4 Å². The van der Waals surface area contributed by atoms with Crippen molar-refractivity contribution < 1.29 is 42.5 Å². The number of aryl methyl sites for hydroxylation is 1. The first kappa shape index (κ1) is 28.9. The van der Waals surface area contributed by atoms with Gasteiger partial charge in [0, 0.05) is 29.8 Å². The van der Waals surface area contributed by atoms with Crippen LogP contribution in [-0.2, 0) is 30.2 Å². The number of nitrogens with one attached hydrogen (secondary N) is 3. The molecule has 3 aromatic rings. The molecule has 0 bridgehead atoms. The van der Waals surface area contributed by atoms with E-state index in [0.29, 0.717) is 61.6 Å². The van der Waals surface area contributed by atoms with Crippen LogP contribution in [0.3, 0.4) is 0 Å². The predicted molar refractivity (Wildman–Crippen MR) is 143 cm³/mol. The molecule has 42 heavy (non-hydrogen) atoms. The van der Waals surface area contributed by atoms with Gasteiger partial charge in [-0.2, -0.15) is 13.2 Å². The Morgan fingerprint density at radius 1 is 1.10 bits per heavy atom. The van der Waals surface area contributed by atoms with Crippen molar-refractivity contribution in [3.05, 3.63) is 82.0 Å². The van der Waals surface area contributed by atoms with Crippen LogP contribution in [0.5, 0.6) is 11.5 Å². The number of carboxylic acid groups (broad SMARTS) is 1. The highest BCUT2D eigenvalue weighted by molar-refractivity contribution is 5.95. The summed E-state index contributed by atoms with van der Waals surface area (Å²) in [4.78, 5) is 40.1. The quantitative estimate of drug-likeness (QED) is 0.277. The van der Waals surface area contributed by atoms with E-state index < -0.39 is 36.4 Å². The summed E-state index contributed by atoms with van der Waals surface area (Å²) in [6, 6.07) is 8.16. The molecule has 0 saturated carbocycles. The number of aliphatic hydroxyl groups excluding tert-OH is 1. The van der Waals surface area contributed by atoms with Gasteiger partial charge in [-0.05, 0) is 78.8 Å². The number of hydrogen-bond acceptors (Lipinski definition) is 6. The van der Waals surface area contributed by atoms with Crippen LogP contribution in [0, 0.1) is 0 Å². The summed E-state index contributed by atoms with van der Waals surface area (Å²) in [6.07, 6.45) is -2.37. The lowest BCUT2D eigenvalue weighted by Crippen LogP contribution is -2.39. The van der Waals surface area contributed by atoms with E-state index in [1.807, 2.05) is 23.5 Å². The summed E-state index contributed by atoms with van der Waals surface area (Å²) in [6.45, 7) is -0.796. The van der Waals surface area contributed by atoms with Gasteiger partial charge in [0.15, 0.2) is 0 Å². The summed E-state index contributed by atoms with van der Waals surface area (Å²) in [5, 5.41) is 26.0. The Morgan fingerprint density at radius 2 is 1.90 bits per heavy atom. The molecular weight excluding hydrogens is 557 g/mol. The van der Waals surface area contributed by atoms with Gasteiger partial charge in [0.05, 0.1) is 18.2 Å². The van der Waals surface area contributed by atoms with E-state index in [1.165, 1.54) is 0 Å². The molecule has 0 saturated heterocycles. The van der Waals surface area contributed by atoms with Gasteiger partial charge < -0.3 is 30.9 Å². The zero-order chi connectivity index (χ0) is 30.0. The second-order valence-corrected chi connectivity index (χ2v) is 10.2. The highest BCUT2D eigenvalue weighted by Crippen LogP contribution is 2.35. The van der Waals surface area contributed by atoms with Gasteiger partial charge in [0.2, 0.25) is 5.91 Å². The zero-order valence-corrected chi connectivity index (χ0v) is 22.1. The number of rotatable bonds is 7. The number of alkyl halides is 3. The molecule has 220 valence electrons. The van der Waals surface area contributed by atoms with Crippen LogP contribution in [0.2, 0.25) is 0 Å². The number of carbonyl (C=O) groups excluding carboxylic acids is 2. The minimum atomic E-state index is -4.80. The van der Waals surface area contributed by atoms with Crippen molar-refractivity contribution >= 4 is 23.7 Å². The van der Waals surface area contributed by atoms with Crippen molar-refractivity contribution in [3.63, 3.8) is 0 Å². The maximum Gasteiger partial charge on any atom is 0.416 e. The molecule has 10 nitrogen and oxygen atoms in total. The van der Waals surface area contributed by atoms with Gasteiger partial charge in [-0.3, -0.25) is 9.59 Å². The topological polar surface area (TPSA) is 150 Å². The number of aliphatic hydroxyl groups is 1. The number of amides is 3. The number of fused-ring (bicyclic) bond motifs is 2. The Kier molecular flexibility index (Phi) is 8.03. The minimum absolute atomic E-state index is 0.111. The second kappa shape index (κ2) is 11.7. The minimum Gasteiger partial charge on any atom is -0.465 e. The highest BCUT2D eigenvalue weighted by Gasteiger charge is 2.33. The van der Waals surface area contributed by atoms with E-state index in [0.717, 1.165) is 22.8 Å². The summed E-state index contributed by atoms with van der Waals surface area (Å²) in [7, 11) is 0. The number of aromatic nitrogens is 1. The van der Waals surface area contributed by atoms with Gasteiger partial charge in [-0.15, -0.1) is 0 Å². The van der Waals surface area contributed by atoms with Crippen LogP contribution < -0.4 is 20.7 Å². The van der Waals surface area contributed by atoms with Gasteiger partial charge in [-0.1, -0.05) is 6.07 Å². The molecule has 2 atom stereocenters. The summed E-state index contributed by atoms with van der Waals surface area (Å²) >= 11 is 0. The van der Waals surface area contributed by atoms with E-state index in [4.69, 9.17) is 9.84 Å². The number of carbonyl (C=O) groups is 3. The van der Waals surface area contributed by atoms with Crippen LogP contribution in [0.15, 0.2) is 48.7 Å². The number of nitrogens with zero attached hydrogens (tertiary/aromatic N) is 1. The molecular formula is C29H27F3N4O6. The van der Waals surface area contributed by atoms with Gasteiger partial charge in [-0.25, -0.2) is 9.78 Å². The van der Waals surface area contributed by atoms with Crippen molar-refractivity contribution in [3.8, 4) is 11.5 Å². The number of pyridine rings is 1. The van der Waals surface area contributed by atoms with Crippen LogP contribution >= 0.6 is 0 Å². The van der Waals surface area contributed by atoms with Crippen molar-refractivity contribution in [2.24, 2.45) is 0 Å². The molecule has 5 rings (SSSR count). The Balaban J connectivity index is 1.33. The van der Waals surface area contributed by atoms with Crippen LogP contribution in [0.1, 0.15) is 57.1 Å². The fourth-order valence-electron chi connectivity index (χ4n) is 5.20. The lowest BCUT2D eigenvalue weighted by molar-refractivity contribution is -0.137. The third kappa shape index (κ3) is 6.46. The standard InChI is InChI=1S/C29H27F3N4O6/c30-29(31,32)19-10-17(23(14-37)35-28(40)41)9-18(11-19)27(39)34-20-3-1-15-2-4-21(13-16(15)12-20)42-24-7-8-33-26-22(24)5-6-25(38)36-26/h2,4,7-11,13,20,23,35,37H,1,3,5-6,12,14H2,(H,34,39)(H,40,41)(H,33,36,38)/t20-,23-/m1/s1. The van der Waals surface area contributed by atoms with E-state index in [9.17, 15) is 32.7 Å². The lowest BCUT2D eigenvalue weighted by Gasteiger charge is -2.26. The number of hydrogen-bond donors (Lipinski definition) is 5. The molecule has 2 heterocycles. The average molecular weight is 585 g/mol. The van der Waals surface area contributed by atoms with Crippen molar-refractivity contribution in [2.75, 3.05) is 11.9 Å². The van der Waals surface area contributed by atoms with Crippen LogP contribution in [-0.4, -0.2) is 45.8 Å². The van der Waals surface area contributed by atoms with Gasteiger partial charge >= 0.3 is 12.3 Å². The fraction of sp³-hybridized carbons (Fsp3) is 0.310. The molecule has 0 spiro atoms. The molecule has 1 aromatic heterocycles. The van der Waals surface area contributed by atoms with E-state index in [-0.39, 0.29) is 23.1 Å². The molecule has 0 fully saturated rings. The number of anilines is 1. The molecule has 3 amide bonds. The Labute approximate surface area is 237 Å². The average Bonchev–Trinajstić information content (AvgIpc) is 2.95. The molecule has 2 aliphatic rings. The number of halogens is 3. The summed E-state index contributed by atoms with van der Waals surface area (Å²) in [5.74, 6) is 0.724. The molecule has 0 unspecified atom stereocenters. The molecule has 1 aliphatic heterocycles. The highest BCUT2D eigenvalue weighted by atomic mass is 19.4. The van der Waals surface area contributed by atoms with Crippen LogP contribution in [0.25, 0.3) is 0 Å². The molecule has 0 radical (unpaired) electrons. The predicted octanol–water partition coefficient (Wildman–Crippen LogP) is 4.37. The number of benzene rings is 2. The lowest BCUT2D eigenvalue weighted by atomic mass is 9.88. The largest absolute Gasteiger partial charge is 0.465 e. The van der Waals surface area contributed by atoms with Gasteiger partial charge in [0.25, 0.3) is 5.91 Å². The van der Waals surface area contributed by atoms with E-state index >= 15 is 0 Å². The van der Waals surface area contributed by atoms with E-state index in [2.05, 4.69) is 15.6 Å². The molecule has 2 aromatic carbocycles. The monoisotopic (exact) mass is 584 g/mol. The van der Waals surface area contributed by atoms with Crippen LogP contribution in [0.4, 0.5) is 23.8 Å². The first-order valence-corrected chi connectivity index (χ1v) is 13.2. The molecule has 13 heteroatoms. The van der Waals surface area contributed by atoms with Crippen molar-refractivity contribution in [1.82, 2.24) is 15.6 Å². The van der Waals surface area contributed by atoms with Crippen molar-refractivity contribution in [1.29, 1.82) is 0 Å². The molecule has 1 aliphatic carbocycles. The summed E-state index contributed by atoms with van der Waals surface area (Å²) in [5.41, 5.74) is 1.14. The number of ether oxygens (including phenoxy) is 1.